The van der Waals surface area contributed by atoms with Gasteiger partial charge in [-0.1, -0.05) is 12.1 Å². The van der Waals surface area contributed by atoms with Crippen LogP contribution >= 0.6 is 0 Å². The SMILES string of the molecule is COc1ccc(C)cc1S(=O)(=O)N(CC(=O)Nc1ccc(C(F)(F)F)cc1)c1cccc(C(F)(F)F)c1. The number of nitrogens with zero attached hydrogens (tertiary/aromatic N) is 1. The van der Waals surface area contributed by atoms with Crippen molar-refractivity contribution in [2.75, 3.05) is 23.3 Å². The summed E-state index contributed by atoms with van der Waals surface area (Å²) in [7, 11) is -3.46. The van der Waals surface area contributed by atoms with Gasteiger partial charge >= 0.3 is 12.4 Å². The van der Waals surface area contributed by atoms with Crippen LogP contribution in [0.15, 0.2) is 71.6 Å². The van der Waals surface area contributed by atoms with E-state index in [9.17, 15) is 39.6 Å². The molecule has 0 spiro atoms. The quantitative estimate of drug-likeness (QED) is 0.376. The number of benzene rings is 3. The monoisotopic (exact) mass is 546 g/mol. The summed E-state index contributed by atoms with van der Waals surface area (Å²) in [4.78, 5) is 12.4. The van der Waals surface area contributed by atoms with Crippen molar-refractivity contribution in [3.63, 3.8) is 0 Å². The molecule has 1 N–H and O–H groups in total. The third-order valence-corrected chi connectivity index (χ3v) is 6.93. The summed E-state index contributed by atoms with van der Waals surface area (Å²) in [6.45, 7) is 0.603. The Morgan fingerprint density at radius 3 is 2.08 bits per heavy atom. The Balaban J connectivity index is 2.03. The number of aryl methyl sites for hydroxylation is 1. The van der Waals surface area contributed by atoms with Crippen LogP contribution < -0.4 is 14.4 Å². The van der Waals surface area contributed by atoms with E-state index in [-0.39, 0.29) is 11.4 Å². The van der Waals surface area contributed by atoms with Gasteiger partial charge < -0.3 is 10.1 Å². The van der Waals surface area contributed by atoms with Crippen molar-refractivity contribution in [1.82, 2.24) is 0 Å². The lowest BCUT2D eigenvalue weighted by atomic mass is 10.2. The predicted molar refractivity (Wildman–Crippen MR) is 124 cm³/mol. The van der Waals surface area contributed by atoms with Gasteiger partial charge in [-0.2, -0.15) is 26.3 Å². The van der Waals surface area contributed by atoms with E-state index < -0.39 is 56.5 Å². The van der Waals surface area contributed by atoms with E-state index in [0.717, 1.165) is 30.3 Å². The molecule has 13 heteroatoms. The molecule has 0 heterocycles. The van der Waals surface area contributed by atoms with Gasteiger partial charge in [-0.25, -0.2) is 8.42 Å². The lowest BCUT2D eigenvalue weighted by Gasteiger charge is -2.26. The van der Waals surface area contributed by atoms with Gasteiger partial charge in [0.1, 0.15) is 17.2 Å². The maximum atomic E-state index is 13.6. The predicted octanol–water partition coefficient (Wildman–Crippen LogP) is 5.88. The average Bonchev–Trinajstić information content (AvgIpc) is 2.81. The third-order valence-electron chi connectivity index (χ3n) is 5.13. The fraction of sp³-hybridized carbons (Fsp3) is 0.208. The Morgan fingerprint density at radius 1 is 0.892 bits per heavy atom. The number of amides is 1. The molecule has 0 aromatic heterocycles. The van der Waals surface area contributed by atoms with Crippen LogP contribution in [0, 0.1) is 6.92 Å². The topological polar surface area (TPSA) is 75.7 Å². The second kappa shape index (κ2) is 10.3. The number of carbonyl (C=O) groups excluding carboxylic acids is 1. The smallest absolute Gasteiger partial charge is 0.416 e. The molecule has 0 fully saturated rings. The molecule has 0 atom stereocenters. The normalized spacial score (nSPS) is 12.2. The summed E-state index contributed by atoms with van der Waals surface area (Å²) >= 11 is 0. The number of sulfonamides is 1. The van der Waals surface area contributed by atoms with Gasteiger partial charge in [0.05, 0.1) is 23.9 Å². The zero-order chi connectivity index (χ0) is 27.6. The zero-order valence-electron chi connectivity index (χ0n) is 19.3. The number of anilines is 2. The summed E-state index contributed by atoms with van der Waals surface area (Å²) in [6, 6.07) is 10.9. The summed E-state index contributed by atoms with van der Waals surface area (Å²) in [5, 5.41) is 2.26. The molecule has 0 aliphatic carbocycles. The Bertz CT molecular complexity index is 1390. The lowest BCUT2D eigenvalue weighted by Crippen LogP contribution is -2.38. The number of hydrogen-bond donors (Lipinski definition) is 1. The molecule has 3 rings (SSSR count). The molecule has 37 heavy (non-hydrogen) atoms. The number of alkyl halides is 6. The van der Waals surface area contributed by atoms with Crippen molar-refractivity contribution in [3.8, 4) is 5.75 Å². The van der Waals surface area contributed by atoms with Crippen LogP contribution in [0.1, 0.15) is 16.7 Å². The van der Waals surface area contributed by atoms with Crippen LogP contribution in [0.25, 0.3) is 0 Å². The van der Waals surface area contributed by atoms with E-state index >= 15 is 0 Å². The number of hydrogen-bond acceptors (Lipinski definition) is 4. The highest BCUT2D eigenvalue weighted by Gasteiger charge is 2.34. The molecule has 6 nitrogen and oxygen atoms in total. The minimum absolute atomic E-state index is 0.0764. The van der Waals surface area contributed by atoms with Gasteiger partial charge in [-0.05, 0) is 67.1 Å². The number of nitrogens with one attached hydrogen (secondary N) is 1. The molecule has 0 saturated heterocycles. The number of rotatable bonds is 7. The van der Waals surface area contributed by atoms with Gasteiger partial charge in [-0.3, -0.25) is 9.10 Å². The fourth-order valence-electron chi connectivity index (χ4n) is 3.33. The fourth-order valence-corrected chi connectivity index (χ4v) is 4.99. The van der Waals surface area contributed by atoms with E-state index in [0.29, 0.717) is 28.1 Å². The summed E-state index contributed by atoms with van der Waals surface area (Å²) in [5.41, 5.74) is -2.15. The van der Waals surface area contributed by atoms with Crippen molar-refractivity contribution in [2.24, 2.45) is 0 Å². The summed E-state index contributed by atoms with van der Waals surface area (Å²) < 4.78 is 111. The molecule has 0 aliphatic heterocycles. The van der Waals surface area contributed by atoms with E-state index in [1.165, 1.54) is 19.2 Å². The molecule has 3 aromatic rings. The molecule has 0 aliphatic rings. The third kappa shape index (κ3) is 6.53. The van der Waals surface area contributed by atoms with Crippen LogP contribution in [0.3, 0.4) is 0 Å². The number of ether oxygens (including phenoxy) is 1. The molecule has 0 unspecified atom stereocenters. The summed E-state index contributed by atoms with van der Waals surface area (Å²) in [6.07, 6.45) is -9.40. The van der Waals surface area contributed by atoms with E-state index in [4.69, 9.17) is 4.74 Å². The molecule has 0 saturated carbocycles. The molecule has 0 bridgehead atoms. The highest BCUT2D eigenvalue weighted by molar-refractivity contribution is 7.93. The first-order valence-corrected chi connectivity index (χ1v) is 11.9. The van der Waals surface area contributed by atoms with Crippen LogP contribution in [0.4, 0.5) is 37.7 Å². The van der Waals surface area contributed by atoms with Crippen molar-refractivity contribution in [2.45, 2.75) is 24.2 Å². The van der Waals surface area contributed by atoms with E-state index in [1.54, 1.807) is 13.0 Å². The summed E-state index contributed by atoms with van der Waals surface area (Å²) in [5.74, 6) is -1.11. The zero-order valence-corrected chi connectivity index (χ0v) is 20.1. The maximum absolute atomic E-state index is 13.6. The van der Waals surface area contributed by atoms with Gasteiger partial charge in [0.15, 0.2) is 0 Å². The maximum Gasteiger partial charge on any atom is 0.416 e. The van der Waals surface area contributed by atoms with Crippen molar-refractivity contribution in [1.29, 1.82) is 0 Å². The van der Waals surface area contributed by atoms with E-state index in [1.807, 2.05) is 0 Å². The first kappa shape index (κ1) is 27.8. The van der Waals surface area contributed by atoms with Gasteiger partial charge in [0.2, 0.25) is 5.91 Å². The highest BCUT2D eigenvalue weighted by atomic mass is 32.2. The first-order valence-electron chi connectivity index (χ1n) is 10.4. The average molecular weight is 546 g/mol. The largest absolute Gasteiger partial charge is 0.495 e. The molecule has 198 valence electrons. The molecule has 3 aromatic carbocycles. The number of carbonyl (C=O) groups is 1. The van der Waals surface area contributed by atoms with Crippen molar-refractivity contribution in [3.05, 3.63) is 83.4 Å². The van der Waals surface area contributed by atoms with Gasteiger partial charge in [0, 0.05) is 5.69 Å². The number of halogens is 6. The second-order valence-corrected chi connectivity index (χ2v) is 9.67. The van der Waals surface area contributed by atoms with Gasteiger partial charge in [-0.15, -0.1) is 0 Å². The van der Waals surface area contributed by atoms with Crippen LogP contribution in [-0.2, 0) is 27.2 Å². The standard InChI is InChI=1S/C24H20F6N2O4S/c1-15-6-11-20(36-2)21(12-15)37(34,35)32(19-5-3-4-17(13-19)24(28,29)30)14-22(33)31-18-9-7-16(8-10-18)23(25,26)27/h3-13H,14H2,1-2H3,(H,31,33). The Kier molecular flexibility index (Phi) is 7.77. The van der Waals surface area contributed by atoms with Crippen LogP contribution in [-0.4, -0.2) is 28.0 Å². The van der Waals surface area contributed by atoms with E-state index in [2.05, 4.69) is 5.32 Å². The second-order valence-electron chi connectivity index (χ2n) is 7.84. The van der Waals surface area contributed by atoms with Crippen molar-refractivity contribution >= 4 is 27.3 Å². The molecule has 1 amide bonds. The molecular formula is C24H20F6N2O4S. The first-order chi connectivity index (χ1) is 17.1. The Hall–Kier alpha value is -3.74. The molecule has 0 radical (unpaired) electrons. The Morgan fingerprint density at radius 2 is 1.51 bits per heavy atom. The van der Waals surface area contributed by atoms with Crippen molar-refractivity contribution < 1.29 is 44.3 Å². The number of methoxy groups -OCH3 is 1. The highest BCUT2D eigenvalue weighted by Crippen LogP contribution is 2.35. The van der Waals surface area contributed by atoms with Crippen LogP contribution in [0.5, 0.6) is 5.75 Å². The Labute approximate surface area is 208 Å². The van der Waals surface area contributed by atoms with Gasteiger partial charge in [0.25, 0.3) is 10.0 Å². The van der Waals surface area contributed by atoms with Crippen LogP contribution in [0.2, 0.25) is 0 Å². The molecular weight excluding hydrogens is 526 g/mol. The minimum Gasteiger partial charge on any atom is -0.495 e. The minimum atomic E-state index is -4.80. The lowest BCUT2D eigenvalue weighted by molar-refractivity contribution is -0.138.